The molecule has 1 aliphatic carbocycles. The monoisotopic (exact) mass is 288 g/mol. The number of aromatic nitrogens is 5. The van der Waals surface area contributed by atoms with Crippen molar-refractivity contribution in [3.63, 3.8) is 0 Å². The van der Waals surface area contributed by atoms with Crippen LogP contribution in [0.1, 0.15) is 54.1 Å². The summed E-state index contributed by atoms with van der Waals surface area (Å²) in [6.45, 7) is 3.11. The van der Waals surface area contributed by atoms with Gasteiger partial charge in [-0.1, -0.05) is 6.42 Å². The van der Waals surface area contributed by atoms with Crippen LogP contribution in [0.15, 0.2) is 12.4 Å². The number of nitrogens with zero attached hydrogens (tertiary/aromatic N) is 5. The van der Waals surface area contributed by atoms with E-state index in [0.29, 0.717) is 18.0 Å². The van der Waals surface area contributed by atoms with Crippen molar-refractivity contribution in [1.82, 2.24) is 29.9 Å². The predicted octanol–water partition coefficient (Wildman–Crippen LogP) is 1.23. The third-order valence-corrected chi connectivity index (χ3v) is 4.10. The van der Waals surface area contributed by atoms with Gasteiger partial charge in [0.05, 0.1) is 18.3 Å². The first kappa shape index (κ1) is 13.8. The van der Waals surface area contributed by atoms with Crippen LogP contribution in [0.3, 0.4) is 0 Å². The molecule has 0 bridgehead atoms. The summed E-state index contributed by atoms with van der Waals surface area (Å²) in [4.78, 5) is 12.0. The number of carbonyl (C=O) groups is 1. The molecule has 0 unspecified atom stereocenters. The standard InChI is InChI=1S/C14H20N6O/c1-3-20-9-11(7-16-20)14(21)15-8-12-17-18-13(19(12)2)10-5-4-6-10/h7,9-10H,3-6,8H2,1-2H3,(H,15,21). The van der Waals surface area contributed by atoms with Crippen LogP contribution in [0.2, 0.25) is 0 Å². The molecule has 21 heavy (non-hydrogen) atoms. The number of aryl methyl sites for hydroxylation is 1. The Labute approximate surface area is 123 Å². The number of hydrogen-bond acceptors (Lipinski definition) is 4. The third-order valence-electron chi connectivity index (χ3n) is 4.10. The van der Waals surface area contributed by atoms with Crippen molar-refractivity contribution < 1.29 is 4.79 Å². The van der Waals surface area contributed by atoms with Crippen LogP contribution in [0.25, 0.3) is 0 Å². The lowest BCUT2D eigenvalue weighted by Crippen LogP contribution is -2.24. The van der Waals surface area contributed by atoms with E-state index < -0.39 is 0 Å². The van der Waals surface area contributed by atoms with Gasteiger partial charge < -0.3 is 9.88 Å². The first-order valence-corrected chi connectivity index (χ1v) is 7.38. The largest absolute Gasteiger partial charge is 0.345 e. The molecule has 3 rings (SSSR count). The lowest BCUT2D eigenvalue weighted by atomic mass is 9.85. The van der Waals surface area contributed by atoms with Crippen LogP contribution in [0, 0.1) is 0 Å². The smallest absolute Gasteiger partial charge is 0.254 e. The maximum Gasteiger partial charge on any atom is 0.254 e. The van der Waals surface area contributed by atoms with Gasteiger partial charge in [0, 0.05) is 25.7 Å². The number of carbonyl (C=O) groups excluding carboxylic acids is 1. The summed E-state index contributed by atoms with van der Waals surface area (Å²) >= 11 is 0. The molecule has 0 atom stereocenters. The molecular formula is C14H20N6O. The van der Waals surface area contributed by atoms with Crippen LogP contribution >= 0.6 is 0 Å². The van der Waals surface area contributed by atoms with Crippen molar-refractivity contribution >= 4 is 5.91 Å². The maximum absolute atomic E-state index is 12.0. The fourth-order valence-corrected chi connectivity index (χ4v) is 2.47. The Morgan fingerprint density at radius 3 is 2.86 bits per heavy atom. The highest BCUT2D eigenvalue weighted by Crippen LogP contribution is 2.34. The molecular weight excluding hydrogens is 268 g/mol. The molecule has 7 nitrogen and oxygen atoms in total. The molecule has 0 radical (unpaired) electrons. The van der Waals surface area contributed by atoms with E-state index in [-0.39, 0.29) is 5.91 Å². The molecule has 2 aromatic rings. The molecule has 2 aromatic heterocycles. The van der Waals surface area contributed by atoms with Crippen LogP contribution in [-0.4, -0.2) is 30.5 Å². The minimum atomic E-state index is -0.136. The van der Waals surface area contributed by atoms with Gasteiger partial charge in [0.15, 0.2) is 5.82 Å². The molecule has 1 aliphatic rings. The Morgan fingerprint density at radius 2 is 2.24 bits per heavy atom. The molecule has 1 N–H and O–H groups in total. The number of nitrogens with one attached hydrogen (secondary N) is 1. The fraction of sp³-hybridized carbons (Fsp3) is 0.571. The van der Waals surface area contributed by atoms with Gasteiger partial charge in [-0.05, 0) is 19.8 Å². The average Bonchev–Trinajstić information content (AvgIpc) is 3.03. The highest BCUT2D eigenvalue weighted by molar-refractivity contribution is 5.93. The maximum atomic E-state index is 12.0. The predicted molar refractivity (Wildman–Crippen MR) is 76.7 cm³/mol. The Bertz CT molecular complexity index is 640. The van der Waals surface area contributed by atoms with Crippen molar-refractivity contribution in [3.8, 4) is 0 Å². The molecule has 0 aliphatic heterocycles. The summed E-state index contributed by atoms with van der Waals surface area (Å²) in [5.74, 6) is 2.22. The molecule has 1 amide bonds. The van der Waals surface area contributed by atoms with Gasteiger partial charge in [-0.25, -0.2) is 0 Å². The van der Waals surface area contributed by atoms with Gasteiger partial charge in [-0.3, -0.25) is 9.48 Å². The van der Waals surface area contributed by atoms with E-state index in [1.54, 1.807) is 17.1 Å². The van der Waals surface area contributed by atoms with Gasteiger partial charge in [0.1, 0.15) is 5.82 Å². The molecule has 112 valence electrons. The second kappa shape index (κ2) is 5.67. The summed E-state index contributed by atoms with van der Waals surface area (Å²) in [5.41, 5.74) is 0.568. The molecule has 0 saturated heterocycles. The Hall–Kier alpha value is -2.18. The lowest BCUT2D eigenvalue weighted by Gasteiger charge is -2.24. The third kappa shape index (κ3) is 2.68. The normalized spacial score (nSPS) is 15.0. The number of rotatable bonds is 5. The summed E-state index contributed by atoms with van der Waals surface area (Å²) in [7, 11) is 1.96. The zero-order valence-corrected chi connectivity index (χ0v) is 12.4. The van der Waals surface area contributed by atoms with Crippen molar-refractivity contribution in [1.29, 1.82) is 0 Å². The highest BCUT2D eigenvalue weighted by Gasteiger charge is 2.25. The van der Waals surface area contributed by atoms with E-state index in [2.05, 4.69) is 20.6 Å². The summed E-state index contributed by atoms with van der Waals surface area (Å²) in [6.07, 6.45) is 6.97. The van der Waals surface area contributed by atoms with Crippen LogP contribution in [-0.2, 0) is 20.1 Å². The second-order valence-electron chi connectivity index (χ2n) is 5.43. The minimum absolute atomic E-state index is 0.136. The van der Waals surface area contributed by atoms with Gasteiger partial charge in [-0.2, -0.15) is 5.10 Å². The first-order valence-electron chi connectivity index (χ1n) is 7.38. The topological polar surface area (TPSA) is 77.6 Å². The van der Waals surface area contributed by atoms with Crippen LogP contribution in [0.5, 0.6) is 0 Å². The zero-order valence-electron chi connectivity index (χ0n) is 12.4. The second-order valence-corrected chi connectivity index (χ2v) is 5.43. The minimum Gasteiger partial charge on any atom is -0.345 e. The van der Waals surface area contributed by atoms with Crippen LogP contribution in [0.4, 0.5) is 0 Å². The molecule has 0 aromatic carbocycles. The van der Waals surface area contributed by atoms with Gasteiger partial charge >= 0.3 is 0 Å². The van der Waals surface area contributed by atoms with E-state index in [4.69, 9.17) is 0 Å². The number of hydrogen-bond donors (Lipinski definition) is 1. The zero-order chi connectivity index (χ0) is 14.8. The van der Waals surface area contributed by atoms with E-state index in [0.717, 1.165) is 18.2 Å². The van der Waals surface area contributed by atoms with Crippen LogP contribution < -0.4 is 5.32 Å². The molecule has 1 saturated carbocycles. The van der Waals surface area contributed by atoms with Crippen molar-refractivity contribution in [2.45, 2.75) is 45.2 Å². The summed E-state index contributed by atoms with van der Waals surface area (Å²) < 4.78 is 3.73. The van der Waals surface area contributed by atoms with E-state index in [9.17, 15) is 4.79 Å². The SMILES string of the molecule is CCn1cc(C(=O)NCc2nnc(C3CCC3)n2C)cn1. The Morgan fingerprint density at radius 1 is 1.43 bits per heavy atom. The Kier molecular flexibility index (Phi) is 3.72. The molecule has 0 spiro atoms. The molecule has 1 fully saturated rings. The molecule has 2 heterocycles. The highest BCUT2D eigenvalue weighted by atomic mass is 16.1. The summed E-state index contributed by atoms with van der Waals surface area (Å²) in [5, 5.41) is 15.4. The first-order chi connectivity index (χ1) is 10.2. The van der Waals surface area contributed by atoms with E-state index in [1.807, 2.05) is 18.5 Å². The molecule has 7 heteroatoms. The van der Waals surface area contributed by atoms with Crippen molar-refractivity contribution in [3.05, 3.63) is 29.6 Å². The van der Waals surface area contributed by atoms with E-state index in [1.165, 1.54) is 19.3 Å². The quantitative estimate of drug-likeness (QED) is 0.897. The number of amides is 1. The van der Waals surface area contributed by atoms with E-state index >= 15 is 0 Å². The average molecular weight is 288 g/mol. The van der Waals surface area contributed by atoms with Gasteiger partial charge in [0.2, 0.25) is 0 Å². The lowest BCUT2D eigenvalue weighted by molar-refractivity contribution is 0.0949. The summed E-state index contributed by atoms with van der Waals surface area (Å²) in [6, 6.07) is 0. The van der Waals surface area contributed by atoms with Gasteiger partial charge in [-0.15, -0.1) is 10.2 Å². The van der Waals surface area contributed by atoms with Crippen molar-refractivity contribution in [2.75, 3.05) is 0 Å². The fourth-order valence-electron chi connectivity index (χ4n) is 2.47. The Balaban J connectivity index is 1.62. The van der Waals surface area contributed by atoms with Crippen molar-refractivity contribution in [2.24, 2.45) is 7.05 Å². The van der Waals surface area contributed by atoms with Gasteiger partial charge in [0.25, 0.3) is 5.91 Å².